The highest BCUT2D eigenvalue weighted by atomic mass is 32.1. The zero-order chi connectivity index (χ0) is 29.7. The van der Waals surface area contributed by atoms with Gasteiger partial charge in [0.25, 0.3) is 11.2 Å². The van der Waals surface area contributed by atoms with Crippen LogP contribution in [0.25, 0.3) is 23.1 Å². The van der Waals surface area contributed by atoms with Crippen molar-refractivity contribution in [2.75, 3.05) is 7.11 Å². The van der Waals surface area contributed by atoms with Crippen molar-refractivity contribution in [2.45, 2.75) is 18.9 Å². The molecule has 0 spiro atoms. The Morgan fingerprint density at radius 3 is 2.67 bits per heavy atom. The third-order valence-electron chi connectivity index (χ3n) is 7.76. The molecule has 10 heteroatoms. The summed E-state index contributed by atoms with van der Waals surface area (Å²) in [6.07, 6.45) is 3.16. The van der Waals surface area contributed by atoms with E-state index < -0.39 is 16.9 Å². The van der Waals surface area contributed by atoms with Crippen LogP contribution in [0.15, 0.2) is 105 Å². The molecular weight excluding hydrogens is 566 g/mol. The minimum atomic E-state index is -0.526. The minimum absolute atomic E-state index is 0.0299. The summed E-state index contributed by atoms with van der Waals surface area (Å²) in [5, 5.41) is 11.6. The number of esters is 1. The van der Waals surface area contributed by atoms with E-state index in [4.69, 9.17) is 14.1 Å². The van der Waals surface area contributed by atoms with E-state index in [-0.39, 0.29) is 11.2 Å². The second kappa shape index (κ2) is 10.5. The van der Waals surface area contributed by atoms with Crippen LogP contribution in [0.4, 0.5) is 5.69 Å². The highest BCUT2D eigenvalue weighted by Crippen LogP contribution is 2.41. The van der Waals surface area contributed by atoms with Crippen LogP contribution < -0.4 is 14.9 Å². The predicted octanol–water partition coefficient (Wildman–Crippen LogP) is 5.27. The Kier molecular flexibility index (Phi) is 6.47. The lowest BCUT2D eigenvalue weighted by molar-refractivity contribution is -0.384. The van der Waals surface area contributed by atoms with Crippen molar-refractivity contribution in [3.63, 3.8) is 0 Å². The van der Waals surface area contributed by atoms with E-state index in [0.717, 1.165) is 28.8 Å². The van der Waals surface area contributed by atoms with Gasteiger partial charge in [-0.3, -0.25) is 19.5 Å². The first kappa shape index (κ1) is 26.5. The smallest absolute Gasteiger partial charge is 0.337 e. The molecule has 0 saturated carbocycles. The third kappa shape index (κ3) is 4.61. The minimum Gasteiger partial charge on any atom is -0.465 e. The summed E-state index contributed by atoms with van der Waals surface area (Å²) in [7, 11) is 1.33. The molecule has 2 aromatic heterocycles. The standard InChI is InChI=1S/C33H23N3O6S/c1-41-32(38)21-11-9-20(10-12-21)27-16-14-24(42-27)18-28-31(37)35-30(22-6-4-7-23(17-22)36(39)40)26-15-13-19-5-2-3-8-25(19)29(26)34-33(35)43-28/h2-12,14,16-18,30H,13,15H2,1H3/b28-18+/t30-/m1/s1. The number of nitrogens with zero attached hydrogens (tertiary/aromatic N) is 3. The van der Waals surface area contributed by atoms with Gasteiger partial charge in [-0.25, -0.2) is 9.79 Å². The Morgan fingerprint density at radius 2 is 1.88 bits per heavy atom. The first-order chi connectivity index (χ1) is 20.9. The van der Waals surface area contributed by atoms with Crippen LogP contribution in [-0.4, -0.2) is 22.6 Å². The average molecular weight is 590 g/mol. The van der Waals surface area contributed by atoms with Gasteiger partial charge in [0, 0.05) is 29.3 Å². The van der Waals surface area contributed by atoms with Gasteiger partial charge in [0.15, 0.2) is 4.80 Å². The maximum absolute atomic E-state index is 14.0. The van der Waals surface area contributed by atoms with E-state index in [1.54, 1.807) is 59.2 Å². The Labute approximate surface area is 248 Å². The molecule has 0 amide bonds. The van der Waals surface area contributed by atoms with Crippen molar-refractivity contribution < 1.29 is 18.9 Å². The molecule has 0 saturated heterocycles. The van der Waals surface area contributed by atoms with E-state index in [9.17, 15) is 19.7 Å². The van der Waals surface area contributed by atoms with Crippen LogP contribution in [0.2, 0.25) is 0 Å². The summed E-state index contributed by atoms with van der Waals surface area (Å²) in [6.45, 7) is 0. The normalized spacial score (nSPS) is 15.7. The number of nitro benzene ring substituents is 1. The van der Waals surface area contributed by atoms with Gasteiger partial charge < -0.3 is 9.15 Å². The van der Waals surface area contributed by atoms with E-state index in [1.165, 1.54) is 30.1 Å². The van der Waals surface area contributed by atoms with Gasteiger partial charge in [0.2, 0.25) is 0 Å². The molecule has 0 radical (unpaired) electrons. The molecule has 3 aromatic carbocycles. The molecule has 0 N–H and O–H groups in total. The Balaban J connectivity index is 1.35. The summed E-state index contributed by atoms with van der Waals surface area (Å²) in [4.78, 5) is 42.5. The SMILES string of the molecule is COC(=O)c1ccc(-c2ccc(/C=c3/sc4n(c3=O)[C@H](c3cccc([N+](=O)[O-])c3)C3=C(N=4)c4ccccc4CC3)o2)cc1. The average Bonchev–Trinajstić information content (AvgIpc) is 3.63. The number of allylic oxidation sites excluding steroid dienone is 1. The summed E-state index contributed by atoms with van der Waals surface area (Å²) in [5.41, 5.74) is 5.59. The van der Waals surface area contributed by atoms with E-state index in [0.29, 0.717) is 38.4 Å². The third-order valence-corrected chi connectivity index (χ3v) is 8.74. The largest absolute Gasteiger partial charge is 0.465 e. The molecule has 5 aromatic rings. The second-order valence-electron chi connectivity index (χ2n) is 10.2. The van der Waals surface area contributed by atoms with E-state index in [2.05, 4.69) is 6.07 Å². The number of benzene rings is 3. The zero-order valence-corrected chi connectivity index (χ0v) is 23.7. The highest BCUT2D eigenvalue weighted by Gasteiger charge is 2.33. The Bertz CT molecular complexity index is 2150. The molecule has 212 valence electrons. The molecule has 1 aliphatic heterocycles. The van der Waals surface area contributed by atoms with Crippen molar-refractivity contribution in [3.8, 4) is 11.3 Å². The number of rotatable bonds is 5. The predicted molar refractivity (Wildman–Crippen MR) is 161 cm³/mol. The Morgan fingerprint density at radius 1 is 1.07 bits per heavy atom. The number of carbonyl (C=O) groups is 1. The summed E-state index contributed by atoms with van der Waals surface area (Å²) >= 11 is 1.26. The van der Waals surface area contributed by atoms with Gasteiger partial charge in [-0.15, -0.1) is 0 Å². The molecule has 1 atom stereocenters. The molecule has 7 rings (SSSR count). The number of methoxy groups -OCH3 is 1. The number of nitro groups is 1. The second-order valence-corrected chi connectivity index (χ2v) is 11.2. The number of fused-ring (bicyclic) bond motifs is 3. The number of hydrogen-bond acceptors (Lipinski definition) is 8. The lowest BCUT2D eigenvalue weighted by Crippen LogP contribution is -2.38. The van der Waals surface area contributed by atoms with Crippen LogP contribution in [-0.2, 0) is 11.2 Å². The van der Waals surface area contributed by atoms with Crippen molar-refractivity contribution in [2.24, 2.45) is 4.99 Å². The fourth-order valence-electron chi connectivity index (χ4n) is 5.73. The quantitative estimate of drug-likeness (QED) is 0.157. The van der Waals surface area contributed by atoms with Crippen LogP contribution >= 0.6 is 11.3 Å². The zero-order valence-electron chi connectivity index (χ0n) is 22.9. The molecule has 0 unspecified atom stereocenters. The van der Waals surface area contributed by atoms with E-state index in [1.807, 2.05) is 24.3 Å². The van der Waals surface area contributed by atoms with Gasteiger partial charge in [0.1, 0.15) is 11.5 Å². The monoisotopic (exact) mass is 589 g/mol. The van der Waals surface area contributed by atoms with Crippen LogP contribution in [0.3, 0.4) is 0 Å². The molecule has 2 aliphatic rings. The molecular formula is C33H23N3O6S. The van der Waals surface area contributed by atoms with Crippen LogP contribution in [0, 0.1) is 10.1 Å². The summed E-state index contributed by atoms with van der Waals surface area (Å²) < 4.78 is 12.9. The van der Waals surface area contributed by atoms with E-state index >= 15 is 0 Å². The molecule has 0 bridgehead atoms. The molecule has 43 heavy (non-hydrogen) atoms. The highest BCUT2D eigenvalue weighted by molar-refractivity contribution is 7.07. The van der Waals surface area contributed by atoms with Crippen LogP contribution in [0.5, 0.6) is 0 Å². The van der Waals surface area contributed by atoms with Gasteiger partial charge in [-0.2, -0.15) is 0 Å². The fraction of sp³-hybridized carbons (Fsp3) is 0.121. The van der Waals surface area contributed by atoms with Gasteiger partial charge in [0.05, 0.1) is 33.9 Å². The summed E-state index contributed by atoms with van der Waals surface area (Å²) in [5.74, 6) is 0.644. The van der Waals surface area contributed by atoms with Crippen molar-refractivity contribution in [1.29, 1.82) is 0 Å². The molecule has 0 fully saturated rings. The maximum atomic E-state index is 14.0. The lowest BCUT2D eigenvalue weighted by Gasteiger charge is -2.30. The molecule has 1 aliphatic carbocycles. The number of thiazole rings is 1. The maximum Gasteiger partial charge on any atom is 0.337 e. The van der Waals surface area contributed by atoms with Gasteiger partial charge in [-0.05, 0) is 53.8 Å². The first-order valence-electron chi connectivity index (χ1n) is 13.6. The topological polar surface area (TPSA) is 117 Å². The van der Waals surface area contributed by atoms with Crippen molar-refractivity contribution in [1.82, 2.24) is 4.57 Å². The van der Waals surface area contributed by atoms with Gasteiger partial charge in [-0.1, -0.05) is 59.9 Å². The number of ether oxygens (including phenoxy) is 1. The Hall–Kier alpha value is -5.35. The van der Waals surface area contributed by atoms with Crippen molar-refractivity contribution in [3.05, 3.63) is 148 Å². The van der Waals surface area contributed by atoms with Crippen LogP contribution in [0.1, 0.15) is 45.3 Å². The number of aryl methyl sites for hydroxylation is 1. The van der Waals surface area contributed by atoms with Crippen molar-refractivity contribution >= 4 is 34.8 Å². The molecule has 3 heterocycles. The number of carbonyl (C=O) groups excluding carboxylic acids is 1. The summed E-state index contributed by atoms with van der Waals surface area (Å²) in [6, 6.07) is 24.5. The first-order valence-corrected chi connectivity index (χ1v) is 14.4. The number of furan rings is 1. The van der Waals surface area contributed by atoms with Gasteiger partial charge >= 0.3 is 5.97 Å². The lowest BCUT2D eigenvalue weighted by atomic mass is 9.83. The molecule has 9 nitrogen and oxygen atoms in total. The fourth-order valence-corrected chi connectivity index (χ4v) is 6.72. The number of non-ortho nitro benzene ring substituents is 1. The number of aromatic nitrogens is 1. The number of hydrogen-bond donors (Lipinski definition) is 0.